The standard InChI is InChI=1S/C24H25N5O2/c30-23-15-19(17-29(23)14-13-18-7-3-1-4-8-18)16-25-24(31)26-22-12-11-21(27-28-22)20-9-5-2-6-10-20/h1-12,19H,13-17H2,(H2,25,26,28,31). The lowest BCUT2D eigenvalue weighted by atomic mass is 10.1. The van der Waals surface area contributed by atoms with Crippen LogP contribution < -0.4 is 10.6 Å². The van der Waals surface area contributed by atoms with E-state index in [-0.39, 0.29) is 17.9 Å². The average molecular weight is 415 g/mol. The van der Waals surface area contributed by atoms with Crippen LogP contribution in [0.5, 0.6) is 0 Å². The van der Waals surface area contributed by atoms with Gasteiger partial charge < -0.3 is 10.2 Å². The van der Waals surface area contributed by atoms with Crippen LogP contribution >= 0.6 is 0 Å². The Morgan fingerprint density at radius 2 is 1.71 bits per heavy atom. The van der Waals surface area contributed by atoms with E-state index in [1.165, 1.54) is 5.56 Å². The van der Waals surface area contributed by atoms with Crippen molar-refractivity contribution in [3.05, 3.63) is 78.4 Å². The number of nitrogens with one attached hydrogen (secondary N) is 2. The molecule has 1 aliphatic heterocycles. The lowest BCUT2D eigenvalue weighted by Crippen LogP contribution is -2.34. The van der Waals surface area contributed by atoms with E-state index in [2.05, 4.69) is 33.0 Å². The Bertz CT molecular complexity index is 1010. The van der Waals surface area contributed by atoms with Crippen molar-refractivity contribution in [3.8, 4) is 11.3 Å². The van der Waals surface area contributed by atoms with Crippen LogP contribution in [0.25, 0.3) is 11.3 Å². The monoisotopic (exact) mass is 415 g/mol. The van der Waals surface area contributed by atoms with Crippen LogP contribution in [0.2, 0.25) is 0 Å². The summed E-state index contributed by atoms with van der Waals surface area (Å²) in [4.78, 5) is 26.4. The number of urea groups is 1. The third-order valence-corrected chi connectivity index (χ3v) is 5.33. The summed E-state index contributed by atoms with van der Waals surface area (Å²) in [5.74, 6) is 0.634. The Labute approximate surface area is 181 Å². The summed E-state index contributed by atoms with van der Waals surface area (Å²) in [6.45, 7) is 1.81. The first-order chi connectivity index (χ1) is 15.2. The molecule has 3 amide bonds. The molecule has 1 atom stereocenters. The van der Waals surface area contributed by atoms with E-state index < -0.39 is 0 Å². The van der Waals surface area contributed by atoms with Crippen LogP contribution in [0.3, 0.4) is 0 Å². The molecule has 1 aromatic heterocycles. The molecule has 158 valence electrons. The second kappa shape index (κ2) is 9.84. The number of amides is 3. The third kappa shape index (κ3) is 5.66. The Balaban J connectivity index is 1.21. The van der Waals surface area contributed by atoms with Gasteiger partial charge >= 0.3 is 6.03 Å². The Hall–Kier alpha value is -3.74. The maximum Gasteiger partial charge on any atom is 0.320 e. The first-order valence-electron chi connectivity index (χ1n) is 10.4. The normalized spacial score (nSPS) is 15.7. The molecule has 4 rings (SSSR count). The highest BCUT2D eigenvalue weighted by atomic mass is 16.2. The first kappa shape index (κ1) is 20.5. The van der Waals surface area contributed by atoms with Gasteiger partial charge in [-0.25, -0.2) is 4.79 Å². The number of aromatic nitrogens is 2. The zero-order valence-corrected chi connectivity index (χ0v) is 17.2. The predicted molar refractivity (Wildman–Crippen MR) is 119 cm³/mol. The van der Waals surface area contributed by atoms with Crippen LogP contribution in [0.1, 0.15) is 12.0 Å². The first-order valence-corrected chi connectivity index (χ1v) is 10.4. The number of benzene rings is 2. The van der Waals surface area contributed by atoms with Gasteiger partial charge in [-0.3, -0.25) is 10.1 Å². The molecular weight excluding hydrogens is 390 g/mol. The highest BCUT2D eigenvalue weighted by Gasteiger charge is 2.29. The maximum atomic E-state index is 12.3. The number of anilines is 1. The molecule has 1 unspecified atom stereocenters. The summed E-state index contributed by atoms with van der Waals surface area (Å²) in [5, 5.41) is 13.8. The molecule has 2 aromatic carbocycles. The maximum absolute atomic E-state index is 12.3. The van der Waals surface area contributed by atoms with E-state index in [9.17, 15) is 9.59 Å². The van der Waals surface area contributed by atoms with Gasteiger partial charge in [0.15, 0.2) is 5.82 Å². The van der Waals surface area contributed by atoms with Crippen molar-refractivity contribution in [2.45, 2.75) is 12.8 Å². The van der Waals surface area contributed by atoms with E-state index >= 15 is 0 Å². The fourth-order valence-electron chi connectivity index (χ4n) is 3.67. The molecule has 7 heteroatoms. The van der Waals surface area contributed by atoms with Crippen molar-refractivity contribution in [2.75, 3.05) is 25.0 Å². The van der Waals surface area contributed by atoms with Gasteiger partial charge in [0.1, 0.15) is 0 Å². The van der Waals surface area contributed by atoms with E-state index in [0.717, 1.165) is 17.7 Å². The molecule has 0 bridgehead atoms. The van der Waals surface area contributed by atoms with Crippen LogP contribution in [0.4, 0.5) is 10.6 Å². The minimum absolute atomic E-state index is 0.112. The number of hydrogen-bond donors (Lipinski definition) is 2. The Morgan fingerprint density at radius 1 is 0.968 bits per heavy atom. The SMILES string of the molecule is O=C(NCC1CC(=O)N(CCc2ccccc2)C1)Nc1ccc(-c2ccccc2)nn1. The van der Waals surface area contributed by atoms with Crippen LogP contribution in [-0.2, 0) is 11.2 Å². The number of likely N-dealkylation sites (tertiary alicyclic amines) is 1. The minimum atomic E-state index is -0.350. The molecule has 31 heavy (non-hydrogen) atoms. The molecule has 0 radical (unpaired) electrons. The quantitative estimate of drug-likeness (QED) is 0.620. The summed E-state index contributed by atoms with van der Waals surface area (Å²) in [6, 6.07) is 23.1. The van der Waals surface area contributed by atoms with Crippen molar-refractivity contribution in [1.82, 2.24) is 20.4 Å². The topological polar surface area (TPSA) is 87.2 Å². The molecule has 3 aromatic rings. The van der Waals surface area contributed by atoms with Crippen molar-refractivity contribution in [1.29, 1.82) is 0 Å². The second-order valence-electron chi connectivity index (χ2n) is 7.65. The fourth-order valence-corrected chi connectivity index (χ4v) is 3.67. The molecule has 1 aliphatic rings. The van der Waals surface area contributed by atoms with Gasteiger partial charge in [0.2, 0.25) is 5.91 Å². The Kier molecular flexibility index (Phi) is 6.52. The largest absolute Gasteiger partial charge is 0.342 e. The van der Waals surface area contributed by atoms with Gasteiger partial charge in [0, 0.05) is 37.5 Å². The van der Waals surface area contributed by atoms with Crippen molar-refractivity contribution < 1.29 is 9.59 Å². The van der Waals surface area contributed by atoms with Gasteiger partial charge in [-0.2, -0.15) is 0 Å². The molecule has 0 aliphatic carbocycles. The van der Waals surface area contributed by atoms with Gasteiger partial charge in [0.25, 0.3) is 0 Å². The summed E-state index contributed by atoms with van der Waals surface area (Å²) < 4.78 is 0. The number of hydrogen-bond acceptors (Lipinski definition) is 4. The van der Waals surface area contributed by atoms with Crippen LogP contribution in [0.15, 0.2) is 72.8 Å². The number of rotatable bonds is 7. The third-order valence-electron chi connectivity index (χ3n) is 5.33. The molecular formula is C24H25N5O2. The molecule has 0 spiro atoms. The highest BCUT2D eigenvalue weighted by molar-refractivity contribution is 5.88. The lowest BCUT2D eigenvalue weighted by Gasteiger charge is -2.17. The minimum Gasteiger partial charge on any atom is -0.342 e. The van der Waals surface area contributed by atoms with Gasteiger partial charge in [-0.1, -0.05) is 60.7 Å². The summed E-state index contributed by atoms with van der Waals surface area (Å²) in [7, 11) is 0. The Morgan fingerprint density at radius 3 is 2.42 bits per heavy atom. The smallest absolute Gasteiger partial charge is 0.320 e. The second-order valence-corrected chi connectivity index (χ2v) is 7.65. The summed E-state index contributed by atoms with van der Waals surface area (Å²) >= 11 is 0. The van der Waals surface area contributed by atoms with E-state index in [1.54, 1.807) is 6.07 Å². The van der Waals surface area contributed by atoms with Crippen molar-refractivity contribution in [3.63, 3.8) is 0 Å². The molecule has 1 fully saturated rings. The molecule has 0 saturated carbocycles. The predicted octanol–water partition coefficient (Wildman–Crippen LogP) is 3.36. The van der Waals surface area contributed by atoms with Gasteiger partial charge in [0.05, 0.1) is 5.69 Å². The van der Waals surface area contributed by atoms with Crippen LogP contribution in [0, 0.1) is 5.92 Å². The molecule has 1 saturated heterocycles. The zero-order chi connectivity index (χ0) is 21.5. The zero-order valence-electron chi connectivity index (χ0n) is 17.2. The molecule has 2 heterocycles. The highest BCUT2D eigenvalue weighted by Crippen LogP contribution is 2.18. The van der Waals surface area contributed by atoms with E-state index in [0.29, 0.717) is 31.9 Å². The van der Waals surface area contributed by atoms with E-state index in [1.807, 2.05) is 59.5 Å². The van der Waals surface area contributed by atoms with Crippen molar-refractivity contribution in [2.24, 2.45) is 5.92 Å². The van der Waals surface area contributed by atoms with Crippen LogP contribution in [-0.4, -0.2) is 46.7 Å². The lowest BCUT2D eigenvalue weighted by molar-refractivity contribution is -0.127. The van der Waals surface area contributed by atoms with Gasteiger partial charge in [-0.05, 0) is 24.1 Å². The number of nitrogens with zero attached hydrogens (tertiary/aromatic N) is 3. The molecule has 2 N–H and O–H groups in total. The number of carbonyl (C=O) groups excluding carboxylic acids is 2. The summed E-state index contributed by atoms with van der Waals surface area (Å²) in [6.07, 6.45) is 1.30. The number of carbonyl (C=O) groups is 2. The van der Waals surface area contributed by atoms with Gasteiger partial charge in [-0.15, -0.1) is 10.2 Å². The summed E-state index contributed by atoms with van der Waals surface area (Å²) in [5.41, 5.74) is 2.93. The molecule has 7 nitrogen and oxygen atoms in total. The fraction of sp³-hybridized carbons (Fsp3) is 0.250. The average Bonchev–Trinajstić information content (AvgIpc) is 3.17. The van der Waals surface area contributed by atoms with E-state index in [4.69, 9.17) is 0 Å². The van der Waals surface area contributed by atoms with Crippen molar-refractivity contribution >= 4 is 17.8 Å².